The summed E-state index contributed by atoms with van der Waals surface area (Å²) in [7, 11) is 0. The first-order valence-electron chi connectivity index (χ1n) is 14.1. The Morgan fingerprint density at radius 2 is 1.00 bits per heavy atom. The molecular formula is C33H32N4O4. The topological polar surface area (TPSA) is 90.0 Å². The highest BCUT2D eigenvalue weighted by atomic mass is 16.2. The molecule has 0 fully saturated rings. The molecule has 0 spiro atoms. The maximum atomic E-state index is 13.2. The molecule has 2 aliphatic rings. The van der Waals surface area contributed by atoms with Crippen LogP contribution in [0.5, 0.6) is 0 Å². The van der Waals surface area contributed by atoms with E-state index >= 15 is 0 Å². The summed E-state index contributed by atoms with van der Waals surface area (Å²) in [4.78, 5) is 57.6. The van der Waals surface area contributed by atoms with Crippen LogP contribution in [0.15, 0.2) is 72.8 Å². The molecule has 208 valence electrons. The summed E-state index contributed by atoms with van der Waals surface area (Å²) in [5, 5.41) is 6.60. The molecule has 2 aliphatic heterocycles. The summed E-state index contributed by atoms with van der Waals surface area (Å²) in [6, 6.07) is 22.4. The third-order valence-corrected chi connectivity index (χ3v) is 8.14. The Morgan fingerprint density at radius 1 is 0.585 bits per heavy atom. The van der Waals surface area contributed by atoms with Gasteiger partial charge in [-0.2, -0.15) is 0 Å². The average molecular weight is 549 g/mol. The lowest BCUT2D eigenvalue weighted by Gasteiger charge is -2.32. The minimum absolute atomic E-state index is 0.199. The fraction of sp³-hybridized carbons (Fsp3) is 0.273. The Hall–Kier alpha value is -4.40. The molecular weight excluding hydrogens is 516 g/mol. The van der Waals surface area contributed by atoms with Gasteiger partial charge in [0.2, 0.25) is 0 Å². The molecule has 8 nitrogen and oxygen atoms in total. The van der Waals surface area contributed by atoms with E-state index < -0.39 is 0 Å². The Morgan fingerprint density at radius 3 is 1.41 bits per heavy atom. The van der Waals surface area contributed by atoms with Gasteiger partial charge in [0.15, 0.2) is 0 Å². The molecule has 0 saturated heterocycles. The lowest BCUT2D eigenvalue weighted by molar-refractivity contribution is 0.0574. The molecule has 4 amide bonds. The highest BCUT2D eigenvalue weighted by Gasteiger charge is 2.33. The summed E-state index contributed by atoms with van der Waals surface area (Å²) >= 11 is 0. The summed E-state index contributed by atoms with van der Waals surface area (Å²) in [6.45, 7) is 7.05. The van der Waals surface area contributed by atoms with Crippen LogP contribution in [-0.2, 0) is 0 Å². The van der Waals surface area contributed by atoms with Crippen LogP contribution < -0.4 is 5.32 Å². The third-order valence-electron chi connectivity index (χ3n) is 8.14. The largest absolute Gasteiger partial charge is 0.314 e. The van der Waals surface area contributed by atoms with E-state index in [4.69, 9.17) is 0 Å². The fourth-order valence-corrected chi connectivity index (χ4v) is 5.96. The number of benzene rings is 4. The Balaban J connectivity index is 1.04. The van der Waals surface area contributed by atoms with Gasteiger partial charge in [-0.05, 0) is 48.9 Å². The van der Waals surface area contributed by atoms with Crippen molar-refractivity contribution in [1.29, 1.82) is 0 Å². The summed E-state index contributed by atoms with van der Waals surface area (Å²) in [6.07, 6.45) is 0. The maximum Gasteiger partial charge on any atom is 0.261 e. The van der Waals surface area contributed by atoms with Crippen molar-refractivity contribution >= 4 is 45.2 Å². The molecule has 0 bridgehead atoms. The number of carbonyl (C=O) groups is 4. The standard InChI is InChI=1S/C33H32N4O4/c1-21(2)35(19-20-37-32(40)26-13-5-9-23-10-6-14-27(29(23)26)33(37)41)17-15-34-16-18-36-30(38)24-11-3-7-22-8-4-12-25(28(22)24)31(36)39/h3-14,21,34H,15-20H2,1-2H3. The summed E-state index contributed by atoms with van der Waals surface area (Å²) in [5.41, 5.74) is 2.25. The van der Waals surface area contributed by atoms with Crippen molar-refractivity contribution in [2.24, 2.45) is 0 Å². The van der Waals surface area contributed by atoms with E-state index in [1.807, 2.05) is 48.5 Å². The molecule has 0 atom stereocenters. The zero-order chi connectivity index (χ0) is 28.7. The van der Waals surface area contributed by atoms with Crippen LogP contribution >= 0.6 is 0 Å². The highest BCUT2D eigenvalue weighted by molar-refractivity contribution is 6.26. The molecule has 0 radical (unpaired) electrons. The van der Waals surface area contributed by atoms with Gasteiger partial charge in [0.25, 0.3) is 23.6 Å². The lowest BCUT2D eigenvalue weighted by Crippen LogP contribution is -2.47. The first-order chi connectivity index (χ1) is 19.9. The van der Waals surface area contributed by atoms with Crippen LogP contribution in [0.2, 0.25) is 0 Å². The Kier molecular flexibility index (Phi) is 7.11. The van der Waals surface area contributed by atoms with Crippen molar-refractivity contribution in [3.05, 3.63) is 95.1 Å². The quantitative estimate of drug-likeness (QED) is 0.236. The minimum Gasteiger partial charge on any atom is -0.314 e. The summed E-state index contributed by atoms with van der Waals surface area (Å²) < 4.78 is 0. The molecule has 0 aliphatic carbocycles. The van der Waals surface area contributed by atoms with E-state index in [0.717, 1.165) is 21.5 Å². The van der Waals surface area contributed by atoms with Crippen molar-refractivity contribution in [3.8, 4) is 0 Å². The van der Waals surface area contributed by atoms with Gasteiger partial charge < -0.3 is 5.32 Å². The normalized spacial score (nSPS) is 14.8. The van der Waals surface area contributed by atoms with Gasteiger partial charge in [-0.15, -0.1) is 0 Å². The molecule has 0 saturated carbocycles. The van der Waals surface area contributed by atoms with Crippen LogP contribution in [0.1, 0.15) is 55.3 Å². The van der Waals surface area contributed by atoms with Gasteiger partial charge in [-0.25, -0.2) is 0 Å². The number of rotatable bonds is 10. The van der Waals surface area contributed by atoms with Crippen molar-refractivity contribution in [2.75, 3.05) is 39.3 Å². The lowest BCUT2D eigenvalue weighted by atomic mass is 9.94. The smallest absolute Gasteiger partial charge is 0.261 e. The number of imide groups is 2. The molecule has 41 heavy (non-hydrogen) atoms. The first-order valence-corrected chi connectivity index (χ1v) is 14.1. The maximum absolute atomic E-state index is 13.2. The van der Waals surface area contributed by atoms with E-state index in [2.05, 4.69) is 24.1 Å². The zero-order valence-electron chi connectivity index (χ0n) is 23.2. The first kappa shape index (κ1) is 26.8. The molecule has 2 heterocycles. The number of hydrogen-bond acceptors (Lipinski definition) is 6. The third kappa shape index (κ3) is 4.69. The number of amides is 4. The number of nitrogens with one attached hydrogen (secondary N) is 1. The average Bonchev–Trinajstić information content (AvgIpc) is 2.98. The molecule has 0 aromatic heterocycles. The number of nitrogens with zero attached hydrogens (tertiary/aromatic N) is 3. The van der Waals surface area contributed by atoms with Crippen LogP contribution in [-0.4, -0.2) is 83.6 Å². The van der Waals surface area contributed by atoms with E-state index in [9.17, 15) is 19.2 Å². The van der Waals surface area contributed by atoms with Crippen LogP contribution in [0.25, 0.3) is 21.5 Å². The summed E-state index contributed by atoms with van der Waals surface area (Å²) in [5.74, 6) is -1.04. The van der Waals surface area contributed by atoms with Crippen molar-refractivity contribution in [3.63, 3.8) is 0 Å². The molecule has 8 heteroatoms. The second-order valence-electron chi connectivity index (χ2n) is 10.8. The highest BCUT2D eigenvalue weighted by Crippen LogP contribution is 2.31. The van der Waals surface area contributed by atoms with E-state index in [-0.39, 0.29) is 36.2 Å². The molecule has 0 unspecified atom stereocenters. The monoisotopic (exact) mass is 548 g/mol. The molecule has 1 N–H and O–H groups in total. The SMILES string of the molecule is CC(C)N(CCNCCN1C(=O)c2cccc3cccc(c23)C1=O)CCN1C(=O)c2cccc3cccc(c23)C1=O. The van der Waals surface area contributed by atoms with Gasteiger partial charge in [-0.1, -0.05) is 48.5 Å². The molecule has 4 aromatic carbocycles. The Bertz CT molecular complexity index is 1610. The van der Waals surface area contributed by atoms with Gasteiger partial charge in [0.1, 0.15) is 0 Å². The second-order valence-corrected chi connectivity index (χ2v) is 10.8. The molecule has 4 aromatic rings. The predicted octanol–water partition coefficient (Wildman–Crippen LogP) is 4.19. The minimum atomic E-state index is -0.266. The van der Waals surface area contributed by atoms with Gasteiger partial charge >= 0.3 is 0 Å². The number of carbonyl (C=O) groups excluding carboxylic acids is 4. The van der Waals surface area contributed by atoms with Crippen LogP contribution in [0.4, 0.5) is 0 Å². The van der Waals surface area contributed by atoms with Crippen molar-refractivity contribution < 1.29 is 19.2 Å². The van der Waals surface area contributed by atoms with Gasteiger partial charge in [-0.3, -0.25) is 33.9 Å². The van der Waals surface area contributed by atoms with Crippen molar-refractivity contribution in [2.45, 2.75) is 19.9 Å². The molecule has 6 rings (SSSR count). The zero-order valence-corrected chi connectivity index (χ0v) is 23.2. The van der Waals surface area contributed by atoms with Gasteiger partial charge in [0, 0.05) is 78.3 Å². The van der Waals surface area contributed by atoms with Crippen molar-refractivity contribution in [1.82, 2.24) is 20.0 Å². The van der Waals surface area contributed by atoms with E-state index in [1.165, 1.54) is 9.80 Å². The van der Waals surface area contributed by atoms with Crippen LogP contribution in [0.3, 0.4) is 0 Å². The van der Waals surface area contributed by atoms with Gasteiger partial charge in [0.05, 0.1) is 0 Å². The fourth-order valence-electron chi connectivity index (χ4n) is 5.96. The van der Waals surface area contributed by atoms with E-state index in [1.54, 1.807) is 24.3 Å². The predicted molar refractivity (Wildman–Crippen MR) is 158 cm³/mol. The van der Waals surface area contributed by atoms with Crippen LogP contribution in [0, 0.1) is 0 Å². The second kappa shape index (κ2) is 10.9. The Labute approximate surface area is 238 Å². The van der Waals surface area contributed by atoms with E-state index in [0.29, 0.717) is 55.0 Å². The number of hydrogen-bond donors (Lipinski definition) is 1.